The summed E-state index contributed by atoms with van der Waals surface area (Å²) < 4.78 is 46.8. The lowest BCUT2D eigenvalue weighted by Crippen LogP contribution is -2.45. The van der Waals surface area contributed by atoms with Gasteiger partial charge in [-0.25, -0.2) is 9.97 Å². The van der Waals surface area contributed by atoms with Gasteiger partial charge in [-0.05, 0) is 49.2 Å². The topological polar surface area (TPSA) is 52.0 Å². The van der Waals surface area contributed by atoms with E-state index in [0.29, 0.717) is 24.6 Å². The minimum Gasteiger partial charge on any atom is -0.384 e. The molecule has 0 aliphatic carbocycles. The number of pyridine rings is 1. The number of alkyl halides is 3. The highest BCUT2D eigenvalue weighted by Gasteiger charge is 2.41. The van der Waals surface area contributed by atoms with Crippen molar-refractivity contribution in [3.05, 3.63) is 47.4 Å². The molecule has 2 aliphatic rings. The first-order valence-corrected chi connectivity index (χ1v) is 8.77. The quantitative estimate of drug-likeness (QED) is 0.743. The van der Waals surface area contributed by atoms with Gasteiger partial charge in [0, 0.05) is 17.9 Å². The van der Waals surface area contributed by atoms with Gasteiger partial charge in [-0.15, -0.1) is 0 Å². The molecule has 0 spiro atoms. The summed E-state index contributed by atoms with van der Waals surface area (Å²) in [6, 6.07) is 8.23. The summed E-state index contributed by atoms with van der Waals surface area (Å²) in [6.07, 6.45) is -3.62. The maximum Gasteiger partial charge on any atom is 0.433 e. The second-order valence-electron chi connectivity index (χ2n) is 7.38. The number of imidazole rings is 1. The standard InChI is InChI=1S/C19H17F3N4O/c1-18(9-27-10-18)17-24-14-4-5-15(19(20,21)22)25-16(14)26(17)12-2-3-13-11(8-12)6-7-23-13/h2-5,8,23H,6-7,9-10H2,1H3. The van der Waals surface area contributed by atoms with E-state index in [1.54, 1.807) is 4.57 Å². The highest BCUT2D eigenvalue weighted by molar-refractivity contribution is 5.75. The highest BCUT2D eigenvalue weighted by Crippen LogP contribution is 2.37. The van der Waals surface area contributed by atoms with Crippen molar-refractivity contribution in [1.29, 1.82) is 0 Å². The number of anilines is 1. The Morgan fingerprint density at radius 3 is 2.67 bits per heavy atom. The number of hydrogen-bond donors (Lipinski definition) is 1. The van der Waals surface area contributed by atoms with Gasteiger partial charge >= 0.3 is 6.18 Å². The Bertz CT molecular complexity index is 1050. The maximum absolute atomic E-state index is 13.2. The summed E-state index contributed by atoms with van der Waals surface area (Å²) in [6.45, 7) is 3.83. The van der Waals surface area contributed by atoms with E-state index < -0.39 is 11.9 Å². The molecule has 0 bridgehead atoms. The minimum atomic E-state index is -4.51. The molecule has 1 saturated heterocycles. The molecule has 1 fully saturated rings. The summed E-state index contributed by atoms with van der Waals surface area (Å²) >= 11 is 0. The Labute approximate surface area is 153 Å². The van der Waals surface area contributed by atoms with E-state index >= 15 is 0 Å². The summed E-state index contributed by atoms with van der Waals surface area (Å²) in [5.41, 5.74) is 2.38. The number of rotatable bonds is 2. The Kier molecular flexibility index (Phi) is 3.34. The summed E-state index contributed by atoms with van der Waals surface area (Å²) in [5, 5.41) is 3.30. The van der Waals surface area contributed by atoms with Crippen molar-refractivity contribution in [2.24, 2.45) is 0 Å². The van der Waals surface area contributed by atoms with Crippen LogP contribution in [0.3, 0.4) is 0 Å². The number of aromatic nitrogens is 3. The highest BCUT2D eigenvalue weighted by atomic mass is 19.4. The van der Waals surface area contributed by atoms with Gasteiger partial charge in [-0.1, -0.05) is 0 Å². The molecule has 1 aromatic carbocycles. The lowest BCUT2D eigenvalue weighted by molar-refractivity contribution is -0.141. The zero-order valence-electron chi connectivity index (χ0n) is 14.6. The van der Waals surface area contributed by atoms with Gasteiger partial charge < -0.3 is 10.1 Å². The van der Waals surface area contributed by atoms with Crippen molar-refractivity contribution in [2.75, 3.05) is 25.1 Å². The van der Waals surface area contributed by atoms with Crippen LogP contribution in [0.25, 0.3) is 16.9 Å². The Balaban J connectivity index is 1.78. The molecule has 2 aliphatic heterocycles. The van der Waals surface area contributed by atoms with Crippen molar-refractivity contribution < 1.29 is 17.9 Å². The van der Waals surface area contributed by atoms with Crippen LogP contribution >= 0.6 is 0 Å². The zero-order valence-corrected chi connectivity index (χ0v) is 14.6. The van der Waals surface area contributed by atoms with E-state index in [4.69, 9.17) is 4.74 Å². The summed E-state index contributed by atoms with van der Waals surface area (Å²) in [4.78, 5) is 8.56. The van der Waals surface area contributed by atoms with E-state index in [1.807, 2.05) is 25.1 Å². The van der Waals surface area contributed by atoms with Crippen LogP contribution in [0.5, 0.6) is 0 Å². The van der Waals surface area contributed by atoms with Crippen LogP contribution in [0.4, 0.5) is 18.9 Å². The molecule has 0 unspecified atom stereocenters. The number of benzene rings is 1. The van der Waals surface area contributed by atoms with Gasteiger partial charge in [0.15, 0.2) is 5.65 Å². The van der Waals surface area contributed by atoms with Crippen LogP contribution < -0.4 is 5.32 Å². The summed E-state index contributed by atoms with van der Waals surface area (Å²) in [7, 11) is 0. The van der Waals surface area contributed by atoms with Crippen LogP contribution in [0.2, 0.25) is 0 Å². The normalized spacial score (nSPS) is 18.2. The van der Waals surface area contributed by atoms with E-state index in [0.717, 1.165) is 36.0 Å². The first-order chi connectivity index (χ1) is 12.9. The average Bonchev–Trinajstić information content (AvgIpc) is 3.21. The van der Waals surface area contributed by atoms with Crippen LogP contribution in [0.15, 0.2) is 30.3 Å². The fourth-order valence-corrected chi connectivity index (χ4v) is 3.73. The van der Waals surface area contributed by atoms with Gasteiger partial charge in [0.1, 0.15) is 17.0 Å². The molecule has 0 atom stereocenters. The molecule has 2 aromatic heterocycles. The van der Waals surface area contributed by atoms with Crippen LogP contribution in [0.1, 0.15) is 24.0 Å². The van der Waals surface area contributed by atoms with Crippen LogP contribution in [-0.4, -0.2) is 34.3 Å². The molecule has 27 heavy (non-hydrogen) atoms. The molecule has 0 amide bonds. The number of nitrogens with zero attached hydrogens (tertiary/aromatic N) is 3. The largest absolute Gasteiger partial charge is 0.433 e. The molecule has 1 N–H and O–H groups in total. The van der Waals surface area contributed by atoms with Crippen molar-refractivity contribution in [3.63, 3.8) is 0 Å². The molecular weight excluding hydrogens is 357 g/mol. The molecule has 4 heterocycles. The average molecular weight is 374 g/mol. The fraction of sp³-hybridized carbons (Fsp3) is 0.368. The zero-order chi connectivity index (χ0) is 18.8. The predicted molar refractivity (Wildman–Crippen MR) is 94.2 cm³/mol. The lowest BCUT2D eigenvalue weighted by atomic mass is 9.87. The molecule has 0 radical (unpaired) electrons. The fourth-order valence-electron chi connectivity index (χ4n) is 3.73. The van der Waals surface area contributed by atoms with Crippen molar-refractivity contribution in [3.8, 4) is 5.69 Å². The monoisotopic (exact) mass is 374 g/mol. The lowest BCUT2D eigenvalue weighted by Gasteiger charge is -2.37. The van der Waals surface area contributed by atoms with E-state index in [-0.39, 0.29) is 11.1 Å². The third-order valence-corrected chi connectivity index (χ3v) is 5.23. The predicted octanol–water partition coefficient (Wildman–Crippen LogP) is 3.70. The van der Waals surface area contributed by atoms with E-state index in [9.17, 15) is 13.2 Å². The van der Waals surface area contributed by atoms with Gasteiger partial charge in [-0.3, -0.25) is 4.57 Å². The molecule has 3 aromatic rings. The third-order valence-electron chi connectivity index (χ3n) is 5.23. The molecular formula is C19H17F3N4O. The third kappa shape index (κ3) is 2.50. The Morgan fingerprint density at radius 1 is 1.15 bits per heavy atom. The number of hydrogen-bond acceptors (Lipinski definition) is 4. The SMILES string of the molecule is CC1(c2nc3ccc(C(F)(F)F)nc3n2-c2ccc3c(c2)CCN3)COC1. The number of halogens is 3. The molecule has 140 valence electrons. The second-order valence-corrected chi connectivity index (χ2v) is 7.38. The van der Waals surface area contributed by atoms with E-state index in [2.05, 4.69) is 15.3 Å². The first kappa shape index (κ1) is 16.6. The summed E-state index contributed by atoms with van der Waals surface area (Å²) in [5.74, 6) is 0.682. The van der Waals surface area contributed by atoms with Gasteiger partial charge in [0.05, 0.1) is 18.6 Å². The Hall–Kier alpha value is -2.61. The molecule has 5 rings (SSSR count). The number of fused-ring (bicyclic) bond motifs is 2. The van der Waals surface area contributed by atoms with Crippen molar-refractivity contribution in [2.45, 2.75) is 24.9 Å². The number of ether oxygens (including phenoxy) is 1. The van der Waals surface area contributed by atoms with Crippen molar-refractivity contribution in [1.82, 2.24) is 14.5 Å². The number of nitrogens with one attached hydrogen (secondary N) is 1. The Morgan fingerprint density at radius 2 is 1.96 bits per heavy atom. The van der Waals surface area contributed by atoms with Crippen molar-refractivity contribution >= 4 is 16.9 Å². The van der Waals surface area contributed by atoms with Gasteiger partial charge in [-0.2, -0.15) is 13.2 Å². The maximum atomic E-state index is 13.2. The molecule has 5 nitrogen and oxygen atoms in total. The van der Waals surface area contributed by atoms with Gasteiger partial charge in [0.25, 0.3) is 0 Å². The first-order valence-electron chi connectivity index (χ1n) is 8.77. The minimum absolute atomic E-state index is 0.221. The molecule has 0 saturated carbocycles. The van der Waals surface area contributed by atoms with Crippen LogP contribution in [0, 0.1) is 0 Å². The van der Waals surface area contributed by atoms with Crippen LogP contribution in [-0.2, 0) is 22.7 Å². The molecule has 8 heteroatoms. The second kappa shape index (κ2) is 5.45. The van der Waals surface area contributed by atoms with Gasteiger partial charge in [0.2, 0.25) is 0 Å². The smallest absolute Gasteiger partial charge is 0.384 e. The van der Waals surface area contributed by atoms with E-state index in [1.165, 1.54) is 6.07 Å².